The minimum atomic E-state index is -0.276. The Balaban J connectivity index is 2.54. The number of H-pyrrole nitrogens is 1. The lowest BCUT2D eigenvalue weighted by atomic mass is 10.2. The molecule has 0 unspecified atom stereocenters. The van der Waals surface area contributed by atoms with Crippen molar-refractivity contribution in [3.63, 3.8) is 0 Å². The molecule has 0 radical (unpaired) electrons. The van der Waals surface area contributed by atoms with Crippen molar-refractivity contribution in [3.8, 4) is 0 Å². The molecule has 0 fully saturated rings. The quantitative estimate of drug-likeness (QED) is 0.624. The van der Waals surface area contributed by atoms with Crippen LogP contribution in [0, 0.1) is 5.82 Å². The number of carbonyl (C=O) groups excluding carboxylic acids is 1. The first-order valence-electron chi connectivity index (χ1n) is 4.92. The number of aromatic amines is 1. The summed E-state index contributed by atoms with van der Waals surface area (Å²) in [5, 5.41) is 0.797. The summed E-state index contributed by atoms with van der Waals surface area (Å²) in [6, 6.07) is 6.41. The molecule has 0 saturated carbocycles. The zero-order valence-corrected chi connectivity index (χ0v) is 8.62. The molecule has 0 atom stereocenters. The van der Waals surface area contributed by atoms with Gasteiger partial charge in [-0.3, -0.25) is 4.79 Å². The number of rotatable bonds is 1. The molecule has 0 bridgehead atoms. The predicted molar refractivity (Wildman–Crippen MR) is 60.1 cm³/mol. The summed E-state index contributed by atoms with van der Waals surface area (Å²) in [6.07, 6.45) is 0.755. The molecule has 4 heteroatoms. The first kappa shape index (κ1) is 9.15. The summed E-state index contributed by atoms with van der Waals surface area (Å²) in [5.74, 6) is -0.276. The van der Waals surface area contributed by atoms with Gasteiger partial charge in [0.05, 0.1) is 22.2 Å². The van der Waals surface area contributed by atoms with Crippen molar-refractivity contribution in [1.29, 1.82) is 0 Å². The summed E-state index contributed by atoms with van der Waals surface area (Å²) in [5.41, 5.74) is 3.16. The van der Waals surface area contributed by atoms with E-state index in [0.717, 1.165) is 28.2 Å². The number of aromatic nitrogens is 2. The molecular weight excluding hydrogens is 207 g/mol. The molecule has 0 aliphatic rings. The van der Waals surface area contributed by atoms with Crippen molar-refractivity contribution in [2.45, 2.75) is 0 Å². The van der Waals surface area contributed by atoms with Gasteiger partial charge >= 0.3 is 0 Å². The molecule has 3 rings (SSSR count). The highest BCUT2D eigenvalue weighted by Crippen LogP contribution is 2.28. The largest absolute Gasteiger partial charge is 0.351 e. The molecule has 0 aliphatic heterocycles. The highest BCUT2D eigenvalue weighted by molar-refractivity contribution is 6.07. The Morgan fingerprint density at radius 3 is 2.88 bits per heavy atom. The molecule has 80 valence electrons. The van der Waals surface area contributed by atoms with Gasteiger partial charge in [-0.15, -0.1) is 0 Å². The number of nitrogens with zero attached hydrogens (tertiary/aromatic N) is 1. The molecule has 2 heterocycles. The van der Waals surface area contributed by atoms with Crippen molar-refractivity contribution in [2.75, 3.05) is 0 Å². The SMILES string of the molecule is Cn1c2ccc(F)cc2c2[nH]c(C=O)cc21. The van der Waals surface area contributed by atoms with E-state index in [2.05, 4.69) is 4.98 Å². The van der Waals surface area contributed by atoms with Crippen LogP contribution in [-0.2, 0) is 7.05 Å². The molecule has 0 amide bonds. The third-order valence-electron chi connectivity index (χ3n) is 2.90. The Bertz CT molecular complexity index is 709. The van der Waals surface area contributed by atoms with E-state index in [1.807, 2.05) is 11.6 Å². The maximum Gasteiger partial charge on any atom is 0.166 e. The Labute approximate surface area is 90.5 Å². The highest BCUT2D eigenvalue weighted by Gasteiger charge is 2.11. The molecule has 1 N–H and O–H groups in total. The van der Waals surface area contributed by atoms with E-state index in [1.54, 1.807) is 12.1 Å². The number of benzene rings is 1. The average Bonchev–Trinajstić information content (AvgIpc) is 2.80. The number of hydrogen-bond acceptors (Lipinski definition) is 1. The molecule has 1 aromatic carbocycles. The number of nitrogens with one attached hydrogen (secondary N) is 1. The van der Waals surface area contributed by atoms with Crippen LogP contribution in [-0.4, -0.2) is 15.8 Å². The van der Waals surface area contributed by atoms with Crippen molar-refractivity contribution >= 4 is 28.2 Å². The summed E-state index contributed by atoms with van der Waals surface area (Å²) in [4.78, 5) is 13.7. The van der Waals surface area contributed by atoms with Crippen LogP contribution >= 0.6 is 0 Å². The highest BCUT2D eigenvalue weighted by atomic mass is 19.1. The molecule has 0 spiro atoms. The first-order chi connectivity index (χ1) is 7.70. The van der Waals surface area contributed by atoms with E-state index >= 15 is 0 Å². The fourth-order valence-electron chi connectivity index (χ4n) is 2.13. The third kappa shape index (κ3) is 1.04. The number of halogens is 1. The van der Waals surface area contributed by atoms with Crippen LogP contribution in [0.3, 0.4) is 0 Å². The fourth-order valence-corrected chi connectivity index (χ4v) is 2.13. The minimum Gasteiger partial charge on any atom is -0.351 e. The van der Waals surface area contributed by atoms with Crippen LogP contribution in [0.5, 0.6) is 0 Å². The van der Waals surface area contributed by atoms with Gasteiger partial charge in [-0.25, -0.2) is 4.39 Å². The van der Waals surface area contributed by atoms with Gasteiger partial charge < -0.3 is 9.55 Å². The lowest BCUT2D eigenvalue weighted by Crippen LogP contribution is -1.86. The third-order valence-corrected chi connectivity index (χ3v) is 2.90. The van der Waals surface area contributed by atoms with Gasteiger partial charge in [-0.1, -0.05) is 0 Å². The summed E-state index contributed by atoms with van der Waals surface area (Å²) in [7, 11) is 1.89. The average molecular weight is 216 g/mol. The van der Waals surface area contributed by atoms with Crippen LogP contribution in [0.15, 0.2) is 24.3 Å². The lowest BCUT2D eigenvalue weighted by molar-refractivity contribution is 0.112. The van der Waals surface area contributed by atoms with E-state index in [0.29, 0.717) is 5.69 Å². The van der Waals surface area contributed by atoms with Crippen molar-refractivity contribution < 1.29 is 9.18 Å². The number of aldehydes is 1. The second-order valence-electron chi connectivity index (χ2n) is 3.82. The fraction of sp³-hybridized carbons (Fsp3) is 0.0833. The zero-order chi connectivity index (χ0) is 11.3. The van der Waals surface area contributed by atoms with Gasteiger partial charge in [-0.05, 0) is 24.3 Å². The predicted octanol–water partition coefficient (Wildman–Crippen LogP) is 2.61. The Hall–Kier alpha value is -2.10. The van der Waals surface area contributed by atoms with Crippen LogP contribution < -0.4 is 0 Å². The topological polar surface area (TPSA) is 37.8 Å². The van der Waals surface area contributed by atoms with Crippen LogP contribution in [0.1, 0.15) is 10.5 Å². The number of carbonyl (C=O) groups is 1. The molecule has 0 aliphatic carbocycles. The maximum absolute atomic E-state index is 13.2. The van der Waals surface area contributed by atoms with Gasteiger partial charge in [-0.2, -0.15) is 0 Å². The molecule has 2 aromatic heterocycles. The number of aryl methyl sites for hydroxylation is 1. The smallest absolute Gasteiger partial charge is 0.166 e. The van der Waals surface area contributed by atoms with Crippen LogP contribution in [0.2, 0.25) is 0 Å². The number of fused-ring (bicyclic) bond motifs is 3. The zero-order valence-electron chi connectivity index (χ0n) is 8.62. The van der Waals surface area contributed by atoms with Crippen molar-refractivity contribution in [1.82, 2.24) is 9.55 Å². The van der Waals surface area contributed by atoms with Crippen LogP contribution in [0.25, 0.3) is 21.9 Å². The Morgan fingerprint density at radius 2 is 2.12 bits per heavy atom. The van der Waals surface area contributed by atoms with E-state index in [9.17, 15) is 9.18 Å². The Morgan fingerprint density at radius 1 is 1.31 bits per heavy atom. The molecule has 3 nitrogen and oxygen atoms in total. The summed E-state index contributed by atoms with van der Waals surface area (Å²) in [6.45, 7) is 0. The number of hydrogen-bond donors (Lipinski definition) is 1. The minimum absolute atomic E-state index is 0.276. The van der Waals surface area contributed by atoms with Gasteiger partial charge in [0.1, 0.15) is 5.82 Å². The molecule has 3 aromatic rings. The lowest BCUT2D eigenvalue weighted by Gasteiger charge is -1.96. The molecular formula is C12H9FN2O. The first-order valence-corrected chi connectivity index (χ1v) is 4.92. The van der Waals surface area contributed by atoms with E-state index in [1.165, 1.54) is 12.1 Å². The Kier molecular flexibility index (Phi) is 1.68. The second-order valence-corrected chi connectivity index (χ2v) is 3.82. The van der Waals surface area contributed by atoms with Gasteiger partial charge in [0.15, 0.2) is 6.29 Å². The van der Waals surface area contributed by atoms with Gasteiger partial charge in [0, 0.05) is 12.4 Å². The van der Waals surface area contributed by atoms with Gasteiger partial charge in [0.25, 0.3) is 0 Å². The van der Waals surface area contributed by atoms with Crippen molar-refractivity contribution in [3.05, 3.63) is 35.8 Å². The molecule has 0 saturated heterocycles. The van der Waals surface area contributed by atoms with E-state index in [-0.39, 0.29) is 5.82 Å². The molecule has 16 heavy (non-hydrogen) atoms. The normalized spacial score (nSPS) is 11.4. The summed E-state index contributed by atoms with van der Waals surface area (Å²) < 4.78 is 15.1. The van der Waals surface area contributed by atoms with Crippen molar-refractivity contribution in [2.24, 2.45) is 7.05 Å². The maximum atomic E-state index is 13.2. The standard InChI is InChI=1S/C12H9FN2O/c1-15-10-3-2-7(13)4-9(10)12-11(15)5-8(6-16)14-12/h2-6,14H,1H3. The van der Waals surface area contributed by atoms with E-state index in [4.69, 9.17) is 0 Å². The van der Waals surface area contributed by atoms with Gasteiger partial charge in [0.2, 0.25) is 0 Å². The second kappa shape index (κ2) is 2.95. The van der Waals surface area contributed by atoms with Crippen LogP contribution in [0.4, 0.5) is 4.39 Å². The monoisotopic (exact) mass is 216 g/mol. The summed E-state index contributed by atoms with van der Waals surface area (Å²) >= 11 is 0. The van der Waals surface area contributed by atoms with E-state index < -0.39 is 0 Å².